The Kier molecular flexibility index (Phi) is 5.43. The van der Waals surface area contributed by atoms with E-state index in [0.717, 1.165) is 24.3 Å². The van der Waals surface area contributed by atoms with Gasteiger partial charge < -0.3 is 14.7 Å². The standard InChI is InChI=1S/C19H24N4O4/c1-12(2)27-15-9-7-14(8-10-15)23-13(3)17(20-21-23)18(24)22-11-5-4-6-16(22)19(25)26/h7-10,12,16H,4-6,11H2,1-3H3,(H,25,26)/t16-/m1/s1. The highest BCUT2D eigenvalue weighted by atomic mass is 16.5. The molecule has 0 spiro atoms. The lowest BCUT2D eigenvalue weighted by Gasteiger charge is -2.32. The zero-order valence-electron chi connectivity index (χ0n) is 15.8. The molecule has 1 aromatic heterocycles. The number of nitrogens with zero attached hydrogens (tertiary/aromatic N) is 4. The SMILES string of the molecule is Cc1c(C(=O)N2CCCC[C@@H]2C(=O)O)nnn1-c1ccc(OC(C)C)cc1. The van der Waals surface area contributed by atoms with Crippen LogP contribution in [0.25, 0.3) is 5.69 Å². The Morgan fingerprint density at radius 3 is 2.56 bits per heavy atom. The highest BCUT2D eigenvalue weighted by Gasteiger charge is 2.34. The van der Waals surface area contributed by atoms with Crippen molar-refractivity contribution in [2.75, 3.05) is 6.54 Å². The Balaban J connectivity index is 1.84. The summed E-state index contributed by atoms with van der Waals surface area (Å²) in [5.41, 5.74) is 1.52. The number of carboxylic acid groups (broad SMARTS) is 1. The van der Waals surface area contributed by atoms with Crippen molar-refractivity contribution in [3.63, 3.8) is 0 Å². The largest absolute Gasteiger partial charge is 0.491 e. The minimum Gasteiger partial charge on any atom is -0.491 e. The predicted octanol–water partition coefficient (Wildman–Crippen LogP) is 2.44. The Hall–Kier alpha value is -2.90. The summed E-state index contributed by atoms with van der Waals surface area (Å²) in [6, 6.07) is 6.55. The quantitative estimate of drug-likeness (QED) is 0.866. The van der Waals surface area contributed by atoms with Crippen LogP contribution in [0.5, 0.6) is 5.75 Å². The maximum absolute atomic E-state index is 12.9. The van der Waals surface area contributed by atoms with E-state index in [-0.39, 0.29) is 17.7 Å². The molecule has 8 heteroatoms. The Morgan fingerprint density at radius 1 is 1.22 bits per heavy atom. The summed E-state index contributed by atoms with van der Waals surface area (Å²) in [4.78, 5) is 25.8. The van der Waals surface area contributed by atoms with Gasteiger partial charge in [-0.1, -0.05) is 5.21 Å². The van der Waals surface area contributed by atoms with E-state index in [9.17, 15) is 14.7 Å². The lowest BCUT2D eigenvalue weighted by molar-refractivity contribution is -0.143. The molecule has 2 heterocycles. The number of likely N-dealkylation sites (tertiary alicyclic amines) is 1. The second kappa shape index (κ2) is 7.77. The topological polar surface area (TPSA) is 97.5 Å². The fourth-order valence-corrected chi connectivity index (χ4v) is 3.28. The van der Waals surface area contributed by atoms with Gasteiger partial charge in [0.15, 0.2) is 5.69 Å². The van der Waals surface area contributed by atoms with Crippen molar-refractivity contribution >= 4 is 11.9 Å². The summed E-state index contributed by atoms with van der Waals surface area (Å²) in [6.07, 6.45) is 2.14. The molecule has 0 saturated carbocycles. The number of aromatic nitrogens is 3. The van der Waals surface area contributed by atoms with E-state index in [2.05, 4.69) is 10.3 Å². The van der Waals surface area contributed by atoms with E-state index in [1.807, 2.05) is 38.1 Å². The Labute approximate surface area is 157 Å². The van der Waals surface area contributed by atoms with Crippen LogP contribution in [-0.4, -0.2) is 55.6 Å². The molecular weight excluding hydrogens is 348 g/mol. The van der Waals surface area contributed by atoms with Crippen LogP contribution in [0, 0.1) is 6.92 Å². The van der Waals surface area contributed by atoms with E-state index in [0.29, 0.717) is 18.7 Å². The van der Waals surface area contributed by atoms with Gasteiger partial charge in [0.25, 0.3) is 5.91 Å². The van der Waals surface area contributed by atoms with Crippen LogP contribution in [-0.2, 0) is 4.79 Å². The molecule has 1 fully saturated rings. The Bertz CT molecular complexity index is 829. The molecule has 1 aliphatic rings. The summed E-state index contributed by atoms with van der Waals surface area (Å²) in [5, 5.41) is 17.5. The lowest BCUT2D eigenvalue weighted by Crippen LogP contribution is -2.48. The van der Waals surface area contributed by atoms with Crippen LogP contribution in [0.3, 0.4) is 0 Å². The van der Waals surface area contributed by atoms with Gasteiger partial charge in [0.05, 0.1) is 17.5 Å². The third-order valence-corrected chi connectivity index (χ3v) is 4.60. The highest BCUT2D eigenvalue weighted by molar-refractivity contribution is 5.96. The van der Waals surface area contributed by atoms with Gasteiger partial charge in [-0.15, -0.1) is 5.10 Å². The molecule has 2 aromatic rings. The number of carbonyl (C=O) groups is 2. The summed E-state index contributed by atoms with van der Waals surface area (Å²) in [7, 11) is 0. The first-order valence-corrected chi connectivity index (χ1v) is 9.11. The average Bonchev–Trinajstić information content (AvgIpc) is 3.02. The van der Waals surface area contributed by atoms with Crippen molar-refractivity contribution in [1.82, 2.24) is 19.9 Å². The fourth-order valence-electron chi connectivity index (χ4n) is 3.28. The number of aliphatic carboxylic acids is 1. The van der Waals surface area contributed by atoms with Crippen molar-refractivity contribution in [3.05, 3.63) is 35.7 Å². The highest BCUT2D eigenvalue weighted by Crippen LogP contribution is 2.22. The van der Waals surface area contributed by atoms with Crippen molar-refractivity contribution in [3.8, 4) is 11.4 Å². The van der Waals surface area contributed by atoms with E-state index >= 15 is 0 Å². The van der Waals surface area contributed by atoms with Crippen LogP contribution in [0.1, 0.15) is 49.3 Å². The molecule has 1 aliphatic heterocycles. The molecule has 1 saturated heterocycles. The number of benzene rings is 1. The third kappa shape index (κ3) is 3.94. The van der Waals surface area contributed by atoms with Gasteiger partial charge in [-0.2, -0.15) is 0 Å². The van der Waals surface area contributed by atoms with Gasteiger partial charge in [0.1, 0.15) is 11.8 Å². The van der Waals surface area contributed by atoms with Crippen LogP contribution in [0.2, 0.25) is 0 Å². The number of piperidine rings is 1. The molecular formula is C19H24N4O4. The molecule has 144 valence electrons. The minimum atomic E-state index is -0.978. The molecule has 0 aliphatic carbocycles. The number of ether oxygens (including phenoxy) is 1. The molecule has 8 nitrogen and oxygen atoms in total. The monoisotopic (exact) mass is 372 g/mol. The fraction of sp³-hybridized carbons (Fsp3) is 0.474. The molecule has 0 radical (unpaired) electrons. The molecule has 0 bridgehead atoms. The molecule has 1 atom stereocenters. The van der Waals surface area contributed by atoms with Crippen molar-refractivity contribution in [2.45, 2.75) is 52.2 Å². The van der Waals surface area contributed by atoms with E-state index in [1.54, 1.807) is 11.6 Å². The van der Waals surface area contributed by atoms with Gasteiger partial charge in [0.2, 0.25) is 0 Å². The second-order valence-electron chi connectivity index (χ2n) is 6.94. The van der Waals surface area contributed by atoms with E-state index in [1.165, 1.54) is 4.90 Å². The summed E-state index contributed by atoms with van der Waals surface area (Å²) < 4.78 is 7.21. The number of hydrogen-bond acceptors (Lipinski definition) is 5. The molecule has 1 amide bonds. The average molecular weight is 372 g/mol. The van der Waals surface area contributed by atoms with Crippen molar-refractivity contribution in [1.29, 1.82) is 0 Å². The number of carboxylic acids is 1. The smallest absolute Gasteiger partial charge is 0.326 e. The zero-order chi connectivity index (χ0) is 19.6. The zero-order valence-corrected chi connectivity index (χ0v) is 15.8. The van der Waals surface area contributed by atoms with Crippen LogP contribution in [0.15, 0.2) is 24.3 Å². The molecule has 1 aromatic carbocycles. The maximum atomic E-state index is 12.9. The van der Waals surface area contributed by atoms with Gasteiger partial charge >= 0.3 is 5.97 Å². The lowest BCUT2D eigenvalue weighted by atomic mass is 10.0. The molecule has 1 N–H and O–H groups in total. The molecule has 0 unspecified atom stereocenters. The number of carbonyl (C=O) groups excluding carboxylic acids is 1. The van der Waals surface area contributed by atoms with Crippen LogP contribution in [0.4, 0.5) is 0 Å². The van der Waals surface area contributed by atoms with E-state index < -0.39 is 12.0 Å². The van der Waals surface area contributed by atoms with Gasteiger partial charge in [-0.3, -0.25) is 4.79 Å². The minimum absolute atomic E-state index is 0.0832. The number of hydrogen-bond donors (Lipinski definition) is 1. The molecule has 3 rings (SSSR count). The first-order chi connectivity index (χ1) is 12.9. The predicted molar refractivity (Wildman–Crippen MR) is 98.2 cm³/mol. The summed E-state index contributed by atoms with van der Waals surface area (Å²) in [5.74, 6) is -0.611. The van der Waals surface area contributed by atoms with Crippen molar-refractivity contribution in [2.24, 2.45) is 0 Å². The molecule has 27 heavy (non-hydrogen) atoms. The number of rotatable bonds is 5. The van der Waals surface area contributed by atoms with Crippen LogP contribution < -0.4 is 4.74 Å². The summed E-state index contributed by atoms with van der Waals surface area (Å²) in [6.45, 7) is 6.09. The normalized spacial score (nSPS) is 17.2. The Morgan fingerprint density at radius 2 is 1.93 bits per heavy atom. The maximum Gasteiger partial charge on any atom is 0.326 e. The van der Waals surface area contributed by atoms with Gasteiger partial charge in [-0.25, -0.2) is 9.48 Å². The first kappa shape index (κ1) is 18.9. The summed E-state index contributed by atoms with van der Waals surface area (Å²) >= 11 is 0. The first-order valence-electron chi connectivity index (χ1n) is 9.11. The van der Waals surface area contributed by atoms with Gasteiger partial charge in [-0.05, 0) is 64.3 Å². The second-order valence-corrected chi connectivity index (χ2v) is 6.94. The van der Waals surface area contributed by atoms with E-state index in [4.69, 9.17) is 4.74 Å². The van der Waals surface area contributed by atoms with Crippen molar-refractivity contribution < 1.29 is 19.4 Å². The third-order valence-electron chi connectivity index (χ3n) is 4.60. The number of amides is 1. The van der Waals surface area contributed by atoms with Crippen LogP contribution >= 0.6 is 0 Å². The van der Waals surface area contributed by atoms with Gasteiger partial charge in [0, 0.05) is 6.54 Å².